The number of aromatic amines is 1. The molecule has 4 nitrogen and oxygen atoms in total. The van der Waals surface area contributed by atoms with E-state index in [2.05, 4.69) is 9.97 Å². The van der Waals surface area contributed by atoms with Gasteiger partial charge in [0.05, 0.1) is 23.7 Å². The van der Waals surface area contributed by atoms with E-state index in [0.717, 1.165) is 21.4 Å². The molecule has 16 heavy (non-hydrogen) atoms. The lowest BCUT2D eigenvalue weighted by Crippen LogP contribution is -2.03. The number of thiophene rings is 1. The van der Waals surface area contributed by atoms with E-state index in [9.17, 15) is 4.79 Å². The number of ether oxygens (including phenoxy) is 1. The van der Waals surface area contributed by atoms with E-state index in [0.29, 0.717) is 4.70 Å². The van der Waals surface area contributed by atoms with Gasteiger partial charge in [-0.2, -0.15) is 0 Å². The predicted octanol–water partition coefficient (Wildman–Crippen LogP) is 2.15. The van der Waals surface area contributed by atoms with Crippen LogP contribution in [0, 0.1) is 0 Å². The van der Waals surface area contributed by atoms with Crippen LogP contribution in [0.3, 0.4) is 0 Å². The van der Waals surface area contributed by atoms with Gasteiger partial charge in [0.15, 0.2) is 0 Å². The molecule has 0 aliphatic heterocycles. The van der Waals surface area contributed by atoms with Gasteiger partial charge in [0.25, 0.3) is 5.56 Å². The summed E-state index contributed by atoms with van der Waals surface area (Å²) in [7, 11) is 1.62. The van der Waals surface area contributed by atoms with Gasteiger partial charge in [-0.05, 0) is 6.07 Å². The lowest BCUT2D eigenvalue weighted by molar-refractivity contribution is 0.420. The van der Waals surface area contributed by atoms with Crippen molar-refractivity contribution in [2.75, 3.05) is 7.11 Å². The number of H-pyrrole nitrogens is 1. The lowest BCUT2D eigenvalue weighted by Gasteiger charge is -1.99. The first kappa shape index (κ1) is 9.35. The van der Waals surface area contributed by atoms with Crippen LogP contribution in [0.1, 0.15) is 0 Å². The van der Waals surface area contributed by atoms with Crippen molar-refractivity contribution < 1.29 is 4.74 Å². The Hall–Kier alpha value is -1.88. The number of benzene rings is 1. The topological polar surface area (TPSA) is 55.0 Å². The number of rotatable bonds is 1. The maximum absolute atomic E-state index is 11.6. The van der Waals surface area contributed by atoms with Gasteiger partial charge in [-0.15, -0.1) is 11.3 Å². The van der Waals surface area contributed by atoms with Gasteiger partial charge in [0.1, 0.15) is 10.4 Å². The molecule has 3 rings (SSSR count). The number of fused-ring (bicyclic) bond motifs is 3. The fraction of sp³-hybridized carbons (Fsp3) is 0.0909. The van der Waals surface area contributed by atoms with Crippen molar-refractivity contribution in [3.05, 3.63) is 34.9 Å². The van der Waals surface area contributed by atoms with Crippen LogP contribution >= 0.6 is 11.3 Å². The van der Waals surface area contributed by atoms with E-state index in [-0.39, 0.29) is 5.56 Å². The summed E-state index contributed by atoms with van der Waals surface area (Å²) < 4.78 is 6.87. The Morgan fingerprint density at radius 2 is 2.25 bits per heavy atom. The van der Waals surface area contributed by atoms with Gasteiger partial charge in [-0.25, -0.2) is 4.98 Å². The summed E-state index contributed by atoms with van der Waals surface area (Å²) in [5.41, 5.74) is 0.635. The maximum Gasteiger partial charge on any atom is 0.268 e. The molecule has 2 heterocycles. The van der Waals surface area contributed by atoms with Crippen LogP contribution in [0.2, 0.25) is 0 Å². The Morgan fingerprint density at radius 3 is 3.06 bits per heavy atom. The summed E-state index contributed by atoms with van der Waals surface area (Å²) in [4.78, 5) is 18.4. The monoisotopic (exact) mass is 232 g/mol. The average Bonchev–Trinajstić information content (AvgIpc) is 2.69. The highest BCUT2D eigenvalue weighted by molar-refractivity contribution is 7.26. The Labute approximate surface area is 94.5 Å². The minimum Gasteiger partial charge on any atom is -0.495 e. The molecule has 0 saturated carbocycles. The smallest absolute Gasteiger partial charge is 0.268 e. The molecule has 0 spiro atoms. The maximum atomic E-state index is 11.6. The number of methoxy groups -OCH3 is 1. The normalized spacial score (nSPS) is 11.1. The fourth-order valence-electron chi connectivity index (χ4n) is 1.74. The first-order chi connectivity index (χ1) is 7.81. The third-order valence-corrected chi connectivity index (χ3v) is 3.68. The van der Waals surface area contributed by atoms with Crippen LogP contribution in [-0.2, 0) is 0 Å². The van der Waals surface area contributed by atoms with Gasteiger partial charge in [0.2, 0.25) is 0 Å². The van der Waals surface area contributed by atoms with Crippen molar-refractivity contribution in [3.8, 4) is 5.75 Å². The second kappa shape index (κ2) is 3.31. The van der Waals surface area contributed by atoms with Crippen LogP contribution in [0.4, 0.5) is 0 Å². The largest absolute Gasteiger partial charge is 0.495 e. The van der Waals surface area contributed by atoms with Crippen molar-refractivity contribution >= 4 is 31.6 Å². The van der Waals surface area contributed by atoms with E-state index in [4.69, 9.17) is 4.74 Å². The van der Waals surface area contributed by atoms with E-state index in [1.54, 1.807) is 7.11 Å². The highest BCUT2D eigenvalue weighted by Crippen LogP contribution is 2.36. The third kappa shape index (κ3) is 1.15. The number of hydrogen-bond acceptors (Lipinski definition) is 4. The number of hydrogen-bond donors (Lipinski definition) is 1. The predicted molar refractivity (Wildman–Crippen MR) is 64.3 cm³/mol. The molecule has 0 amide bonds. The Kier molecular flexibility index (Phi) is 1.94. The van der Waals surface area contributed by atoms with E-state index in [1.165, 1.54) is 17.7 Å². The number of aromatic nitrogens is 2. The van der Waals surface area contributed by atoms with Crippen LogP contribution < -0.4 is 10.3 Å². The molecule has 0 unspecified atom stereocenters. The van der Waals surface area contributed by atoms with Gasteiger partial charge in [-0.3, -0.25) is 4.79 Å². The quantitative estimate of drug-likeness (QED) is 0.699. The molecule has 5 heteroatoms. The van der Waals surface area contributed by atoms with Crippen molar-refractivity contribution in [1.82, 2.24) is 9.97 Å². The molecule has 2 aromatic heterocycles. The Bertz CT molecular complexity index is 730. The Balaban J connectivity index is 2.60. The molecule has 1 aromatic carbocycles. The summed E-state index contributed by atoms with van der Waals surface area (Å²) in [6.45, 7) is 0. The van der Waals surface area contributed by atoms with E-state index < -0.39 is 0 Å². The summed E-state index contributed by atoms with van der Waals surface area (Å²) >= 11 is 1.41. The zero-order valence-corrected chi connectivity index (χ0v) is 9.30. The van der Waals surface area contributed by atoms with Crippen molar-refractivity contribution in [3.63, 3.8) is 0 Å². The standard InChI is InChI=1S/C11H8N2O2S/c1-15-7-4-2-3-6-8-10(16-9(6)7)11(14)13-5-12-8/h2-5H,1H3,(H,12,13,14). The third-order valence-electron chi connectivity index (χ3n) is 2.47. The lowest BCUT2D eigenvalue weighted by atomic mass is 10.2. The first-order valence-electron chi connectivity index (χ1n) is 4.74. The molecule has 0 aliphatic carbocycles. The number of nitrogens with zero attached hydrogens (tertiary/aromatic N) is 1. The molecular weight excluding hydrogens is 224 g/mol. The van der Waals surface area contributed by atoms with Crippen molar-refractivity contribution in [2.24, 2.45) is 0 Å². The van der Waals surface area contributed by atoms with Crippen LogP contribution in [0.25, 0.3) is 20.3 Å². The van der Waals surface area contributed by atoms with Gasteiger partial charge in [-0.1, -0.05) is 12.1 Å². The molecule has 0 atom stereocenters. The zero-order valence-electron chi connectivity index (χ0n) is 8.48. The fourth-order valence-corrected chi connectivity index (χ4v) is 2.89. The highest BCUT2D eigenvalue weighted by atomic mass is 32.1. The highest BCUT2D eigenvalue weighted by Gasteiger charge is 2.11. The summed E-state index contributed by atoms with van der Waals surface area (Å²) in [5, 5.41) is 0.963. The second-order valence-electron chi connectivity index (χ2n) is 3.35. The molecule has 1 N–H and O–H groups in total. The second-order valence-corrected chi connectivity index (χ2v) is 4.37. The summed E-state index contributed by atoms with van der Waals surface area (Å²) in [6, 6.07) is 5.73. The van der Waals surface area contributed by atoms with Gasteiger partial charge >= 0.3 is 0 Å². The molecule has 80 valence electrons. The summed E-state index contributed by atoms with van der Waals surface area (Å²) in [5.74, 6) is 0.778. The molecule has 0 aliphatic rings. The van der Waals surface area contributed by atoms with Crippen LogP contribution in [-0.4, -0.2) is 17.1 Å². The first-order valence-corrected chi connectivity index (χ1v) is 5.56. The number of nitrogens with one attached hydrogen (secondary N) is 1. The minimum atomic E-state index is -0.103. The van der Waals surface area contributed by atoms with Crippen LogP contribution in [0.15, 0.2) is 29.3 Å². The minimum absolute atomic E-state index is 0.103. The molecule has 0 fully saturated rings. The summed E-state index contributed by atoms with van der Waals surface area (Å²) in [6.07, 6.45) is 1.43. The van der Waals surface area contributed by atoms with Crippen LogP contribution in [0.5, 0.6) is 5.75 Å². The molecular formula is C11H8N2O2S. The van der Waals surface area contributed by atoms with Crippen molar-refractivity contribution in [2.45, 2.75) is 0 Å². The van der Waals surface area contributed by atoms with E-state index >= 15 is 0 Å². The van der Waals surface area contributed by atoms with Crippen molar-refractivity contribution in [1.29, 1.82) is 0 Å². The van der Waals surface area contributed by atoms with Gasteiger partial charge < -0.3 is 9.72 Å². The van der Waals surface area contributed by atoms with Gasteiger partial charge in [0, 0.05) is 5.39 Å². The molecule has 3 aromatic rings. The van der Waals surface area contributed by atoms with E-state index in [1.807, 2.05) is 18.2 Å². The molecule has 0 bridgehead atoms. The Morgan fingerprint density at radius 1 is 1.38 bits per heavy atom. The molecule has 0 radical (unpaired) electrons. The SMILES string of the molecule is COc1cccc2c1sc1c(=O)[nH]cnc12. The zero-order chi connectivity index (χ0) is 11.1. The molecule has 0 saturated heterocycles. The average molecular weight is 232 g/mol.